The zero-order valence-electron chi connectivity index (χ0n) is 11.7. The van der Waals surface area contributed by atoms with Crippen molar-refractivity contribution in [2.45, 2.75) is 17.3 Å². The fourth-order valence-electron chi connectivity index (χ4n) is 2.24. The van der Waals surface area contributed by atoms with Gasteiger partial charge in [0.1, 0.15) is 12.4 Å². The molecule has 1 atom stereocenters. The van der Waals surface area contributed by atoms with Crippen LogP contribution >= 0.6 is 22.6 Å². The largest absolute Gasteiger partial charge is 0.490 e. The molecule has 0 saturated carbocycles. The van der Waals surface area contributed by atoms with Crippen LogP contribution < -0.4 is 4.74 Å². The number of benzene rings is 1. The molecule has 0 aromatic heterocycles. The van der Waals surface area contributed by atoms with Crippen molar-refractivity contribution < 1.29 is 9.53 Å². The molecule has 0 fully saturated rings. The van der Waals surface area contributed by atoms with Crippen molar-refractivity contribution in [3.63, 3.8) is 0 Å². The predicted octanol–water partition coefficient (Wildman–Crippen LogP) is 3.57. The van der Waals surface area contributed by atoms with Crippen LogP contribution in [0.3, 0.4) is 0 Å². The average molecular weight is 383 g/mol. The number of halogens is 1. The summed E-state index contributed by atoms with van der Waals surface area (Å²) in [6.45, 7) is 6.17. The lowest BCUT2D eigenvalue weighted by Gasteiger charge is -2.28. The van der Waals surface area contributed by atoms with Crippen LogP contribution in [-0.4, -0.2) is 28.4 Å². The third kappa shape index (κ3) is 3.06. The maximum Gasteiger partial charge on any atom is 0.240 e. The first-order valence-corrected chi connectivity index (χ1v) is 7.75. The molecular weight excluding hydrogens is 365 g/mol. The predicted molar refractivity (Wildman–Crippen MR) is 90.0 cm³/mol. The van der Waals surface area contributed by atoms with E-state index in [1.807, 2.05) is 32.2 Å². The van der Waals surface area contributed by atoms with E-state index in [9.17, 15) is 4.79 Å². The summed E-state index contributed by atoms with van der Waals surface area (Å²) >= 11 is 2.19. The molecule has 4 heteroatoms. The highest BCUT2D eigenvalue weighted by Crippen LogP contribution is 2.30. The van der Waals surface area contributed by atoms with E-state index in [1.165, 1.54) is 0 Å². The molecule has 1 aliphatic heterocycles. The summed E-state index contributed by atoms with van der Waals surface area (Å²) in [6.07, 6.45) is 4.64. The Morgan fingerprint density at radius 2 is 2.30 bits per heavy atom. The molecule has 0 bridgehead atoms. The summed E-state index contributed by atoms with van der Waals surface area (Å²) < 4.78 is 5.56. The number of nitrogens with zero attached hydrogens (tertiary/aromatic N) is 1. The smallest absolute Gasteiger partial charge is 0.240 e. The van der Waals surface area contributed by atoms with Gasteiger partial charge in [-0.05, 0) is 37.1 Å². The summed E-state index contributed by atoms with van der Waals surface area (Å²) in [4.78, 5) is 13.8. The van der Waals surface area contributed by atoms with Crippen LogP contribution in [-0.2, 0) is 4.79 Å². The highest BCUT2D eigenvalue weighted by molar-refractivity contribution is 14.1. The normalized spacial score (nSPS) is 18.8. The molecule has 3 nitrogen and oxygen atoms in total. The van der Waals surface area contributed by atoms with Crippen LogP contribution in [0.5, 0.6) is 5.75 Å². The summed E-state index contributed by atoms with van der Waals surface area (Å²) in [7, 11) is 1.83. The quantitative estimate of drug-likeness (QED) is 0.452. The van der Waals surface area contributed by atoms with Crippen LogP contribution in [0.15, 0.2) is 36.9 Å². The highest BCUT2D eigenvalue weighted by Gasteiger charge is 2.26. The first-order chi connectivity index (χ1) is 9.54. The van der Waals surface area contributed by atoms with Crippen LogP contribution in [0.2, 0.25) is 0 Å². The zero-order chi connectivity index (χ0) is 14.7. The highest BCUT2D eigenvalue weighted by atomic mass is 127. The number of ether oxygens (including phenoxy) is 1. The topological polar surface area (TPSA) is 29.5 Å². The van der Waals surface area contributed by atoms with E-state index in [1.54, 1.807) is 11.0 Å². The molecule has 0 saturated heterocycles. The second-order valence-corrected chi connectivity index (χ2v) is 6.27. The minimum atomic E-state index is 0.0388. The number of carbonyl (C=O) groups excluding carboxylic acids is 1. The van der Waals surface area contributed by atoms with Crippen molar-refractivity contribution in [1.82, 2.24) is 4.90 Å². The van der Waals surface area contributed by atoms with Gasteiger partial charge in [-0.25, -0.2) is 0 Å². The van der Waals surface area contributed by atoms with E-state index >= 15 is 0 Å². The van der Waals surface area contributed by atoms with E-state index in [2.05, 4.69) is 35.2 Å². The minimum absolute atomic E-state index is 0.0388. The maximum absolute atomic E-state index is 12.1. The van der Waals surface area contributed by atoms with Gasteiger partial charge >= 0.3 is 0 Å². The Morgan fingerprint density at radius 3 is 2.95 bits per heavy atom. The molecule has 0 radical (unpaired) electrons. The van der Waals surface area contributed by atoms with Crippen LogP contribution in [0.1, 0.15) is 17.5 Å². The standard InChI is InChI=1S/C16H18INO2/c1-4-9-20-12-5-6-13(11(2)10-12)15-8-7-14(17)16(19)18(15)3/h4-6,8,10,14H,1,7,9H2,2-3H3. The van der Waals surface area contributed by atoms with Crippen molar-refractivity contribution >= 4 is 34.2 Å². The van der Waals surface area contributed by atoms with Gasteiger partial charge in [0.15, 0.2) is 0 Å². The number of hydrogen-bond acceptors (Lipinski definition) is 2. The minimum Gasteiger partial charge on any atom is -0.490 e. The van der Waals surface area contributed by atoms with E-state index in [0.29, 0.717) is 6.61 Å². The second kappa shape index (κ2) is 6.43. The average Bonchev–Trinajstić information content (AvgIpc) is 2.44. The lowest BCUT2D eigenvalue weighted by atomic mass is 10.0. The molecule has 1 heterocycles. The van der Waals surface area contributed by atoms with Crippen LogP contribution in [0.4, 0.5) is 0 Å². The third-order valence-corrected chi connectivity index (χ3v) is 4.36. The number of carbonyl (C=O) groups is 1. The Balaban J connectivity index is 2.29. The fraction of sp³-hybridized carbons (Fsp3) is 0.312. The Kier molecular flexibility index (Phi) is 4.86. The second-order valence-electron chi connectivity index (χ2n) is 4.77. The van der Waals surface area contributed by atoms with Gasteiger partial charge in [0, 0.05) is 18.3 Å². The van der Waals surface area contributed by atoms with Gasteiger partial charge in [-0.15, -0.1) is 0 Å². The SMILES string of the molecule is C=CCOc1ccc(C2=CCC(I)C(=O)N2C)c(C)c1. The van der Waals surface area contributed by atoms with Crippen LogP contribution in [0, 0.1) is 6.92 Å². The Labute approximate surface area is 133 Å². The molecule has 0 spiro atoms. The van der Waals surface area contributed by atoms with E-state index in [0.717, 1.165) is 29.0 Å². The van der Waals surface area contributed by atoms with E-state index in [4.69, 9.17) is 4.74 Å². The maximum atomic E-state index is 12.1. The van der Waals surface area contributed by atoms with E-state index < -0.39 is 0 Å². The molecule has 0 aliphatic carbocycles. The van der Waals surface area contributed by atoms with Crippen molar-refractivity contribution in [2.24, 2.45) is 0 Å². The van der Waals surface area contributed by atoms with Gasteiger partial charge in [0.25, 0.3) is 0 Å². The summed E-state index contributed by atoms with van der Waals surface area (Å²) in [5.74, 6) is 0.984. The van der Waals surface area contributed by atoms with Gasteiger partial charge in [-0.2, -0.15) is 0 Å². The van der Waals surface area contributed by atoms with Gasteiger partial charge in [0.05, 0.1) is 3.92 Å². The first-order valence-electron chi connectivity index (χ1n) is 6.51. The van der Waals surface area contributed by atoms with Gasteiger partial charge in [-0.1, -0.05) is 41.3 Å². The van der Waals surface area contributed by atoms with Crippen molar-refractivity contribution in [3.8, 4) is 5.75 Å². The molecule has 106 valence electrons. The lowest BCUT2D eigenvalue weighted by Crippen LogP contribution is -2.35. The summed E-state index contributed by atoms with van der Waals surface area (Å²) in [6, 6.07) is 5.94. The first kappa shape index (κ1) is 15.1. The summed E-state index contributed by atoms with van der Waals surface area (Å²) in [5.41, 5.74) is 3.16. The molecule has 1 amide bonds. The number of allylic oxidation sites excluding steroid dienone is 1. The molecule has 0 N–H and O–H groups in total. The number of aryl methyl sites for hydroxylation is 1. The number of hydrogen-bond donors (Lipinski definition) is 0. The van der Waals surface area contributed by atoms with Gasteiger partial charge in [-0.3, -0.25) is 4.79 Å². The number of rotatable bonds is 4. The fourth-order valence-corrected chi connectivity index (χ4v) is 2.91. The molecule has 2 rings (SSSR count). The molecule has 1 aliphatic rings. The van der Waals surface area contributed by atoms with Crippen LogP contribution in [0.25, 0.3) is 5.70 Å². The molecule has 1 aromatic carbocycles. The molecular formula is C16H18INO2. The molecule has 1 aromatic rings. The summed E-state index contributed by atoms with van der Waals surface area (Å²) in [5, 5.41) is 0. The molecule has 1 unspecified atom stereocenters. The Hall–Kier alpha value is -1.30. The number of alkyl halides is 1. The monoisotopic (exact) mass is 383 g/mol. The lowest BCUT2D eigenvalue weighted by molar-refractivity contribution is -0.126. The van der Waals surface area contributed by atoms with Gasteiger partial charge in [0.2, 0.25) is 5.91 Å². The van der Waals surface area contributed by atoms with Crippen molar-refractivity contribution in [2.75, 3.05) is 13.7 Å². The third-order valence-electron chi connectivity index (χ3n) is 3.32. The van der Waals surface area contributed by atoms with Gasteiger partial charge < -0.3 is 9.64 Å². The Morgan fingerprint density at radius 1 is 1.55 bits per heavy atom. The number of amides is 1. The zero-order valence-corrected chi connectivity index (χ0v) is 13.9. The van der Waals surface area contributed by atoms with Crippen molar-refractivity contribution in [3.05, 3.63) is 48.1 Å². The molecule has 20 heavy (non-hydrogen) atoms. The van der Waals surface area contributed by atoms with E-state index in [-0.39, 0.29) is 9.83 Å². The van der Waals surface area contributed by atoms with Crippen molar-refractivity contribution in [1.29, 1.82) is 0 Å². The Bertz CT molecular complexity index is 566.